The van der Waals surface area contributed by atoms with Crippen molar-refractivity contribution in [3.63, 3.8) is 0 Å². The Morgan fingerprint density at radius 1 is 0.793 bits per heavy atom. The molecule has 1 nitrogen and oxygen atoms in total. The quantitative estimate of drug-likeness (QED) is 0.301. The minimum absolute atomic E-state index is 0.498. The van der Waals surface area contributed by atoms with Crippen LogP contribution in [0.1, 0.15) is 30.9 Å². The monoisotopic (exact) mass is 393 g/mol. The van der Waals surface area contributed by atoms with Crippen molar-refractivity contribution in [3.8, 4) is 22.4 Å². The van der Waals surface area contributed by atoms with E-state index in [1.807, 2.05) is 17.5 Å². The van der Waals surface area contributed by atoms with Crippen LogP contribution in [-0.2, 0) is 0 Å². The molecular weight excluding hydrogens is 370 g/mol. The maximum Gasteiger partial charge on any atom is 0.0705 e. The molecule has 29 heavy (non-hydrogen) atoms. The fourth-order valence-corrected chi connectivity index (χ4v) is 5.40. The average Bonchev–Trinajstić information content (AvgIpc) is 3.12. The molecule has 2 aromatic heterocycles. The maximum absolute atomic E-state index is 4.72. The van der Waals surface area contributed by atoms with Gasteiger partial charge in [0.15, 0.2) is 0 Å². The number of fused-ring (bicyclic) bond motifs is 3. The van der Waals surface area contributed by atoms with Crippen molar-refractivity contribution in [1.82, 2.24) is 4.98 Å². The Morgan fingerprint density at radius 3 is 2.41 bits per heavy atom. The Hall–Kier alpha value is -2.97. The molecule has 0 atom stereocenters. The van der Waals surface area contributed by atoms with Crippen molar-refractivity contribution in [1.29, 1.82) is 0 Å². The first-order chi connectivity index (χ1) is 14.1. The van der Waals surface area contributed by atoms with E-state index in [1.165, 1.54) is 48.0 Å². The van der Waals surface area contributed by atoms with Crippen LogP contribution in [0.15, 0.2) is 79.0 Å². The molecule has 3 aromatic carbocycles. The predicted octanol–water partition coefficient (Wildman–Crippen LogP) is 8.22. The summed E-state index contributed by atoms with van der Waals surface area (Å²) in [5.74, 6) is 0.498. The molecule has 0 N–H and O–H groups in total. The fourth-order valence-electron chi connectivity index (χ4n) is 4.12. The standard InChI is InChI=1S/C27H23NS/c1-17(2)24-15-25(28-16-18(24)3)20-12-13-22-23-11-7-10-21(19-8-5-4-6-9-19)27(23)29-26(22)14-20/h4-17H,1-3H3. The van der Waals surface area contributed by atoms with E-state index >= 15 is 0 Å². The Bertz CT molecular complexity index is 1330. The molecule has 5 rings (SSSR count). The predicted molar refractivity (Wildman–Crippen MR) is 127 cm³/mol. The van der Waals surface area contributed by atoms with E-state index < -0.39 is 0 Å². The number of benzene rings is 3. The third-order valence-corrected chi connectivity index (χ3v) is 6.85. The maximum atomic E-state index is 4.72. The average molecular weight is 394 g/mol. The second kappa shape index (κ2) is 7.13. The number of hydrogen-bond donors (Lipinski definition) is 0. The highest BCUT2D eigenvalue weighted by atomic mass is 32.1. The zero-order valence-electron chi connectivity index (χ0n) is 16.9. The van der Waals surface area contributed by atoms with E-state index in [1.54, 1.807) is 0 Å². The zero-order valence-corrected chi connectivity index (χ0v) is 17.8. The van der Waals surface area contributed by atoms with Crippen molar-refractivity contribution in [3.05, 3.63) is 90.1 Å². The number of rotatable bonds is 3. The SMILES string of the molecule is Cc1cnc(-c2ccc3c(c2)sc2c(-c4ccccc4)cccc23)cc1C(C)C. The van der Waals surface area contributed by atoms with Crippen LogP contribution in [0.25, 0.3) is 42.6 Å². The third kappa shape index (κ3) is 3.14. The largest absolute Gasteiger partial charge is 0.256 e. The Balaban J connectivity index is 1.69. The highest BCUT2D eigenvalue weighted by Crippen LogP contribution is 2.41. The molecule has 0 saturated heterocycles. The second-order valence-electron chi connectivity index (χ2n) is 7.94. The summed E-state index contributed by atoms with van der Waals surface area (Å²) in [6.07, 6.45) is 2.01. The fraction of sp³-hybridized carbons (Fsp3) is 0.148. The summed E-state index contributed by atoms with van der Waals surface area (Å²) in [6, 6.07) is 26.3. The molecule has 0 saturated carbocycles. The lowest BCUT2D eigenvalue weighted by atomic mass is 9.97. The lowest BCUT2D eigenvalue weighted by molar-refractivity contribution is 0.852. The van der Waals surface area contributed by atoms with Crippen LogP contribution in [0, 0.1) is 6.92 Å². The van der Waals surface area contributed by atoms with Crippen molar-refractivity contribution >= 4 is 31.5 Å². The molecule has 0 fully saturated rings. The molecule has 5 aromatic rings. The van der Waals surface area contributed by atoms with Crippen molar-refractivity contribution in [2.75, 3.05) is 0 Å². The highest BCUT2D eigenvalue weighted by molar-refractivity contribution is 7.26. The molecule has 2 heterocycles. The van der Waals surface area contributed by atoms with E-state index in [4.69, 9.17) is 4.98 Å². The van der Waals surface area contributed by atoms with Gasteiger partial charge in [-0.3, -0.25) is 4.98 Å². The van der Waals surface area contributed by atoms with Gasteiger partial charge in [0, 0.05) is 31.9 Å². The van der Waals surface area contributed by atoms with Gasteiger partial charge in [-0.1, -0.05) is 74.5 Å². The van der Waals surface area contributed by atoms with Gasteiger partial charge in [0.1, 0.15) is 0 Å². The Morgan fingerprint density at radius 2 is 1.62 bits per heavy atom. The lowest BCUT2D eigenvalue weighted by Gasteiger charge is -2.11. The molecule has 0 aliphatic heterocycles. The summed E-state index contributed by atoms with van der Waals surface area (Å²) < 4.78 is 2.67. The van der Waals surface area contributed by atoms with Gasteiger partial charge >= 0.3 is 0 Å². The van der Waals surface area contributed by atoms with Gasteiger partial charge in [0.05, 0.1) is 5.69 Å². The molecule has 2 heteroatoms. The van der Waals surface area contributed by atoms with Crippen molar-refractivity contribution in [2.45, 2.75) is 26.7 Å². The first-order valence-corrected chi connectivity index (χ1v) is 10.9. The molecule has 0 spiro atoms. The topological polar surface area (TPSA) is 12.9 Å². The smallest absolute Gasteiger partial charge is 0.0705 e. The zero-order chi connectivity index (χ0) is 20.0. The van der Waals surface area contributed by atoms with Crippen LogP contribution in [0.2, 0.25) is 0 Å². The Kier molecular flexibility index (Phi) is 4.44. The molecule has 0 aliphatic carbocycles. The second-order valence-corrected chi connectivity index (χ2v) is 8.99. The van der Waals surface area contributed by atoms with Crippen LogP contribution in [0.5, 0.6) is 0 Å². The van der Waals surface area contributed by atoms with E-state index in [-0.39, 0.29) is 0 Å². The first kappa shape index (κ1) is 18.1. The van der Waals surface area contributed by atoms with Gasteiger partial charge in [0.25, 0.3) is 0 Å². The molecule has 0 radical (unpaired) electrons. The summed E-state index contributed by atoms with van der Waals surface area (Å²) in [4.78, 5) is 4.72. The summed E-state index contributed by atoms with van der Waals surface area (Å²) in [5, 5.41) is 2.65. The number of nitrogens with zero attached hydrogens (tertiary/aromatic N) is 1. The van der Waals surface area contributed by atoms with Gasteiger partial charge in [-0.2, -0.15) is 0 Å². The van der Waals surface area contributed by atoms with Crippen molar-refractivity contribution < 1.29 is 0 Å². The molecule has 0 unspecified atom stereocenters. The van der Waals surface area contributed by atoms with E-state index in [0.717, 1.165) is 5.69 Å². The van der Waals surface area contributed by atoms with Gasteiger partial charge < -0.3 is 0 Å². The van der Waals surface area contributed by atoms with Crippen LogP contribution < -0.4 is 0 Å². The van der Waals surface area contributed by atoms with Crippen LogP contribution in [0.3, 0.4) is 0 Å². The number of hydrogen-bond acceptors (Lipinski definition) is 2. The Labute approximate surface area is 175 Å². The molecule has 0 amide bonds. The molecule has 0 bridgehead atoms. The highest BCUT2D eigenvalue weighted by Gasteiger charge is 2.12. The summed E-state index contributed by atoms with van der Waals surface area (Å²) in [6.45, 7) is 6.63. The van der Waals surface area contributed by atoms with Gasteiger partial charge in [-0.15, -0.1) is 11.3 Å². The van der Waals surface area contributed by atoms with Gasteiger partial charge in [-0.05, 0) is 47.2 Å². The minimum atomic E-state index is 0.498. The first-order valence-electron chi connectivity index (χ1n) is 10.1. The number of aromatic nitrogens is 1. The summed E-state index contributed by atoms with van der Waals surface area (Å²) in [7, 11) is 0. The normalized spacial score (nSPS) is 11.6. The van der Waals surface area contributed by atoms with Crippen LogP contribution in [0.4, 0.5) is 0 Å². The van der Waals surface area contributed by atoms with E-state index in [9.17, 15) is 0 Å². The molecular formula is C27H23NS. The van der Waals surface area contributed by atoms with Crippen molar-refractivity contribution in [2.24, 2.45) is 0 Å². The number of thiophene rings is 1. The molecule has 142 valence electrons. The number of pyridine rings is 1. The minimum Gasteiger partial charge on any atom is -0.256 e. The van der Waals surface area contributed by atoms with E-state index in [0.29, 0.717) is 5.92 Å². The van der Waals surface area contributed by atoms with Gasteiger partial charge in [-0.25, -0.2) is 0 Å². The summed E-state index contributed by atoms with van der Waals surface area (Å²) in [5.41, 5.74) is 7.46. The van der Waals surface area contributed by atoms with Crippen LogP contribution in [-0.4, -0.2) is 4.98 Å². The summed E-state index contributed by atoms with van der Waals surface area (Å²) >= 11 is 1.88. The number of aryl methyl sites for hydroxylation is 1. The molecule has 0 aliphatic rings. The van der Waals surface area contributed by atoms with Gasteiger partial charge in [0.2, 0.25) is 0 Å². The third-order valence-electron chi connectivity index (χ3n) is 5.65. The lowest BCUT2D eigenvalue weighted by Crippen LogP contribution is -1.95. The van der Waals surface area contributed by atoms with E-state index in [2.05, 4.69) is 93.6 Å². The van der Waals surface area contributed by atoms with Crippen LogP contribution >= 0.6 is 11.3 Å².